The van der Waals surface area contributed by atoms with Crippen LogP contribution in [0.25, 0.3) is 0 Å². The van der Waals surface area contributed by atoms with Crippen molar-refractivity contribution < 1.29 is 9.53 Å². The van der Waals surface area contributed by atoms with Crippen LogP contribution in [0.4, 0.5) is 0 Å². The molecule has 0 bridgehead atoms. The first-order valence-corrected chi connectivity index (χ1v) is 4.17. The van der Waals surface area contributed by atoms with E-state index in [2.05, 4.69) is 4.74 Å². The lowest BCUT2D eigenvalue weighted by atomic mass is 10.1. The van der Waals surface area contributed by atoms with Crippen molar-refractivity contribution in [2.24, 2.45) is 11.7 Å². The fourth-order valence-electron chi connectivity index (χ4n) is 1.69. The molecule has 0 aromatic carbocycles. The summed E-state index contributed by atoms with van der Waals surface area (Å²) < 4.78 is 4.68. The standard InChI is InChI=1S/C8H16N2O2/c1-10-5-6(4-9)3-7(10)8(11)12-2/h6-7H,3-5,9H2,1-2H3. The summed E-state index contributed by atoms with van der Waals surface area (Å²) in [5.41, 5.74) is 5.52. The summed E-state index contributed by atoms with van der Waals surface area (Å²) in [6.45, 7) is 1.55. The van der Waals surface area contributed by atoms with E-state index in [-0.39, 0.29) is 12.0 Å². The minimum Gasteiger partial charge on any atom is -0.468 e. The minimum atomic E-state index is -0.145. The quantitative estimate of drug-likeness (QED) is 0.567. The fraction of sp³-hybridized carbons (Fsp3) is 0.875. The van der Waals surface area contributed by atoms with E-state index in [1.807, 2.05) is 11.9 Å². The van der Waals surface area contributed by atoms with E-state index in [9.17, 15) is 4.79 Å². The molecular weight excluding hydrogens is 156 g/mol. The highest BCUT2D eigenvalue weighted by Crippen LogP contribution is 2.21. The van der Waals surface area contributed by atoms with Crippen molar-refractivity contribution in [3.05, 3.63) is 0 Å². The Bertz CT molecular complexity index is 172. The molecule has 4 heteroatoms. The Morgan fingerprint density at radius 2 is 2.42 bits per heavy atom. The molecule has 0 spiro atoms. The number of likely N-dealkylation sites (tertiary alicyclic amines) is 1. The third kappa shape index (κ3) is 1.76. The van der Waals surface area contributed by atoms with Gasteiger partial charge in [-0.1, -0.05) is 0 Å². The lowest BCUT2D eigenvalue weighted by Crippen LogP contribution is -2.33. The third-order valence-electron chi connectivity index (χ3n) is 2.44. The maximum Gasteiger partial charge on any atom is 0.323 e. The predicted octanol–water partition coefficient (Wildman–Crippen LogP) is -0.562. The SMILES string of the molecule is COC(=O)C1CC(CN)CN1C. The number of rotatable bonds is 2. The number of nitrogens with zero attached hydrogens (tertiary/aromatic N) is 1. The average molecular weight is 172 g/mol. The number of carbonyl (C=O) groups is 1. The Morgan fingerprint density at radius 1 is 1.75 bits per heavy atom. The number of hydrogen-bond donors (Lipinski definition) is 1. The zero-order valence-corrected chi connectivity index (χ0v) is 7.62. The van der Waals surface area contributed by atoms with E-state index in [0.717, 1.165) is 13.0 Å². The molecular formula is C8H16N2O2. The lowest BCUT2D eigenvalue weighted by molar-refractivity contribution is -0.145. The van der Waals surface area contributed by atoms with Crippen molar-refractivity contribution in [2.75, 3.05) is 27.2 Å². The Labute approximate surface area is 72.7 Å². The van der Waals surface area contributed by atoms with Gasteiger partial charge in [0, 0.05) is 6.54 Å². The van der Waals surface area contributed by atoms with Crippen LogP contribution in [0.3, 0.4) is 0 Å². The summed E-state index contributed by atoms with van der Waals surface area (Å²) in [6, 6.07) is -0.0800. The molecule has 2 unspecified atom stereocenters. The molecule has 0 aliphatic carbocycles. The maximum absolute atomic E-state index is 11.2. The van der Waals surface area contributed by atoms with E-state index >= 15 is 0 Å². The van der Waals surface area contributed by atoms with Gasteiger partial charge in [0.15, 0.2) is 0 Å². The van der Waals surface area contributed by atoms with Crippen molar-refractivity contribution in [1.29, 1.82) is 0 Å². The van der Waals surface area contributed by atoms with Crippen LogP contribution in [0.2, 0.25) is 0 Å². The second-order valence-corrected chi connectivity index (χ2v) is 3.32. The summed E-state index contributed by atoms with van der Waals surface area (Å²) >= 11 is 0. The minimum absolute atomic E-state index is 0.0800. The summed E-state index contributed by atoms with van der Waals surface area (Å²) in [7, 11) is 3.35. The van der Waals surface area contributed by atoms with Gasteiger partial charge >= 0.3 is 5.97 Å². The normalized spacial score (nSPS) is 30.6. The molecule has 12 heavy (non-hydrogen) atoms. The van der Waals surface area contributed by atoms with Crippen molar-refractivity contribution in [2.45, 2.75) is 12.5 Å². The number of esters is 1. The third-order valence-corrected chi connectivity index (χ3v) is 2.44. The van der Waals surface area contributed by atoms with E-state index in [0.29, 0.717) is 12.5 Å². The van der Waals surface area contributed by atoms with E-state index in [1.54, 1.807) is 0 Å². The first-order valence-electron chi connectivity index (χ1n) is 4.17. The highest BCUT2D eigenvalue weighted by Gasteiger charge is 2.34. The monoisotopic (exact) mass is 172 g/mol. The van der Waals surface area contributed by atoms with Gasteiger partial charge in [-0.25, -0.2) is 0 Å². The summed E-state index contributed by atoms with van der Waals surface area (Å²) in [4.78, 5) is 13.2. The number of hydrogen-bond acceptors (Lipinski definition) is 4. The molecule has 1 saturated heterocycles. The Morgan fingerprint density at radius 3 is 2.83 bits per heavy atom. The predicted molar refractivity (Wildman–Crippen MR) is 45.6 cm³/mol. The van der Waals surface area contributed by atoms with Crippen molar-refractivity contribution in [3.63, 3.8) is 0 Å². The smallest absolute Gasteiger partial charge is 0.323 e. The van der Waals surface area contributed by atoms with Crippen LogP contribution in [-0.2, 0) is 9.53 Å². The largest absolute Gasteiger partial charge is 0.468 e. The Kier molecular flexibility index (Phi) is 3.05. The van der Waals surface area contributed by atoms with Gasteiger partial charge in [0.25, 0.3) is 0 Å². The van der Waals surface area contributed by atoms with Crippen molar-refractivity contribution in [3.8, 4) is 0 Å². The van der Waals surface area contributed by atoms with Gasteiger partial charge in [-0.2, -0.15) is 0 Å². The van der Waals surface area contributed by atoms with Gasteiger partial charge < -0.3 is 10.5 Å². The van der Waals surface area contributed by atoms with Crippen LogP contribution < -0.4 is 5.73 Å². The molecule has 1 fully saturated rings. The molecule has 1 rings (SSSR count). The first kappa shape index (κ1) is 9.48. The zero-order valence-electron chi connectivity index (χ0n) is 7.62. The summed E-state index contributed by atoms with van der Waals surface area (Å²) in [5.74, 6) is 0.299. The number of likely N-dealkylation sites (N-methyl/N-ethyl adjacent to an activating group) is 1. The highest BCUT2D eigenvalue weighted by molar-refractivity contribution is 5.76. The first-order chi connectivity index (χ1) is 5.69. The van der Waals surface area contributed by atoms with Crippen molar-refractivity contribution >= 4 is 5.97 Å². The van der Waals surface area contributed by atoms with Gasteiger partial charge in [-0.15, -0.1) is 0 Å². The topological polar surface area (TPSA) is 55.6 Å². The second kappa shape index (κ2) is 3.87. The molecule has 4 nitrogen and oxygen atoms in total. The highest BCUT2D eigenvalue weighted by atomic mass is 16.5. The maximum atomic E-state index is 11.2. The molecule has 2 N–H and O–H groups in total. The summed E-state index contributed by atoms with van der Waals surface area (Å²) in [5, 5.41) is 0. The van der Waals surface area contributed by atoms with Crippen molar-refractivity contribution in [1.82, 2.24) is 4.90 Å². The average Bonchev–Trinajstić information content (AvgIpc) is 2.45. The number of methoxy groups -OCH3 is 1. The fourth-order valence-corrected chi connectivity index (χ4v) is 1.69. The van der Waals surface area contributed by atoms with E-state index in [1.165, 1.54) is 7.11 Å². The van der Waals surface area contributed by atoms with Gasteiger partial charge in [-0.05, 0) is 25.9 Å². The van der Waals surface area contributed by atoms with Crippen LogP contribution in [-0.4, -0.2) is 44.2 Å². The van der Waals surface area contributed by atoms with Gasteiger partial charge in [-0.3, -0.25) is 9.69 Å². The van der Waals surface area contributed by atoms with Crippen LogP contribution in [0, 0.1) is 5.92 Å². The van der Waals surface area contributed by atoms with Crippen LogP contribution in [0.5, 0.6) is 0 Å². The van der Waals surface area contributed by atoms with E-state index < -0.39 is 0 Å². The molecule has 1 aliphatic rings. The lowest BCUT2D eigenvalue weighted by Gasteiger charge is -2.15. The Hall–Kier alpha value is -0.610. The van der Waals surface area contributed by atoms with Gasteiger partial charge in [0.1, 0.15) is 6.04 Å². The molecule has 0 aromatic rings. The molecule has 70 valence electrons. The molecule has 1 aliphatic heterocycles. The molecule has 0 aromatic heterocycles. The number of carbonyl (C=O) groups excluding carboxylic acids is 1. The molecule has 0 radical (unpaired) electrons. The molecule has 1 heterocycles. The Balaban J connectivity index is 2.51. The summed E-state index contributed by atoms with van der Waals surface area (Å²) in [6.07, 6.45) is 0.833. The van der Waals surface area contributed by atoms with Crippen LogP contribution in [0.1, 0.15) is 6.42 Å². The second-order valence-electron chi connectivity index (χ2n) is 3.32. The molecule has 2 atom stereocenters. The van der Waals surface area contributed by atoms with E-state index in [4.69, 9.17) is 5.73 Å². The zero-order chi connectivity index (χ0) is 9.14. The van der Waals surface area contributed by atoms with Crippen LogP contribution >= 0.6 is 0 Å². The molecule has 0 saturated carbocycles. The molecule has 0 amide bonds. The number of ether oxygens (including phenoxy) is 1. The van der Waals surface area contributed by atoms with Gasteiger partial charge in [0.05, 0.1) is 7.11 Å². The van der Waals surface area contributed by atoms with Gasteiger partial charge in [0.2, 0.25) is 0 Å². The number of nitrogens with two attached hydrogens (primary N) is 1. The van der Waals surface area contributed by atoms with Crippen LogP contribution in [0.15, 0.2) is 0 Å².